The number of aliphatic imine (C=N–C) groups is 1. The zero-order chi connectivity index (χ0) is 29.1. The summed E-state index contributed by atoms with van der Waals surface area (Å²) in [6.07, 6.45) is 1.21. The minimum atomic E-state index is -2.90. The third-order valence-corrected chi connectivity index (χ3v) is 6.65. The van der Waals surface area contributed by atoms with Crippen LogP contribution in [0.25, 0.3) is 0 Å². The summed E-state index contributed by atoms with van der Waals surface area (Å²) >= 11 is 0. The second kappa shape index (κ2) is 14.0. The van der Waals surface area contributed by atoms with Gasteiger partial charge in [0.25, 0.3) is 0 Å². The standard InChI is InChI=1S/C29H30F2N4O4S/c1-4-38-29(36)35-40(3,37)19-22-11-8-12-24(15-22)33-20(2)34-28(26(31)17-32)25-14-13-23(30)16-27(25)39-18-21-9-6-5-7-10-21/h5-17,33H,2,4,18-19,32H2,1,3H3/b26-17+,34-28?. The van der Waals surface area contributed by atoms with Gasteiger partial charge in [-0.2, -0.15) is 0 Å². The van der Waals surface area contributed by atoms with Crippen LogP contribution in [-0.4, -0.2) is 28.9 Å². The number of halogens is 2. The molecule has 11 heteroatoms. The molecular weight excluding hydrogens is 538 g/mol. The molecule has 0 fully saturated rings. The molecule has 3 aromatic rings. The molecule has 0 aromatic heterocycles. The van der Waals surface area contributed by atoms with E-state index in [4.69, 9.17) is 15.2 Å². The minimum absolute atomic E-state index is 0.00936. The number of ether oxygens (including phenoxy) is 2. The van der Waals surface area contributed by atoms with E-state index in [2.05, 4.69) is 21.3 Å². The average Bonchev–Trinajstić information content (AvgIpc) is 2.90. The van der Waals surface area contributed by atoms with Gasteiger partial charge in [0.2, 0.25) is 0 Å². The van der Waals surface area contributed by atoms with Crippen LogP contribution in [0.1, 0.15) is 23.6 Å². The Morgan fingerprint density at radius 1 is 1.10 bits per heavy atom. The summed E-state index contributed by atoms with van der Waals surface area (Å²) in [7, 11) is -2.90. The van der Waals surface area contributed by atoms with E-state index in [1.165, 1.54) is 12.3 Å². The molecule has 3 aromatic carbocycles. The van der Waals surface area contributed by atoms with E-state index in [1.807, 2.05) is 30.3 Å². The molecule has 40 heavy (non-hydrogen) atoms. The monoisotopic (exact) mass is 568 g/mol. The van der Waals surface area contributed by atoms with Crippen molar-refractivity contribution in [2.45, 2.75) is 19.3 Å². The van der Waals surface area contributed by atoms with Crippen molar-refractivity contribution in [1.29, 1.82) is 0 Å². The fourth-order valence-corrected chi connectivity index (χ4v) is 4.82. The fourth-order valence-electron chi connectivity index (χ4n) is 3.59. The first-order chi connectivity index (χ1) is 19.1. The summed E-state index contributed by atoms with van der Waals surface area (Å²) in [5.41, 5.74) is 7.37. The molecule has 0 saturated heterocycles. The molecule has 0 aliphatic heterocycles. The molecule has 0 heterocycles. The van der Waals surface area contributed by atoms with Crippen LogP contribution in [0.4, 0.5) is 19.3 Å². The highest BCUT2D eigenvalue weighted by Crippen LogP contribution is 2.26. The first-order valence-corrected chi connectivity index (χ1v) is 14.2. The van der Waals surface area contributed by atoms with E-state index in [-0.39, 0.29) is 41.8 Å². The summed E-state index contributed by atoms with van der Waals surface area (Å²) in [6.45, 7) is 5.73. The number of amides is 1. The molecule has 1 unspecified atom stereocenters. The molecule has 1 amide bonds. The topological polar surface area (TPSA) is 115 Å². The van der Waals surface area contributed by atoms with E-state index in [0.29, 0.717) is 11.3 Å². The number of nitrogens with one attached hydrogen (secondary N) is 1. The van der Waals surface area contributed by atoms with Crippen LogP contribution < -0.4 is 15.8 Å². The van der Waals surface area contributed by atoms with Crippen LogP contribution in [0.3, 0.4) is 0 Å². The quantitative estimate of drug-likeness (QED) is 0.262. The van der Waals surface area contributed by atoms with Gasteiger partial charge in [-0.15, -0.1) is 4.36 Å². The number of carbonyl (C=O) groups excluding carboxylic acids is 1. The number of allylic oxidation sites excluding steroid dienone is 1. The lowest BCUT2D eigenvalue weighted by molar-refractivity contribution is 0.164. The lowest BCUT2D eigenvalue weighted by atomic mass is 10.1. The molecule has 8 nitrogen and oxygen atoms in total. The highest BCUT2D eigenvalue weighted by atomic mass is 32.2. The molecule has 0 saturated carbocycles. The van der Waals surface area contributed by atoms with Gasteiger partial charge >= 0.3 is 6.09 Å². The van der Waals surface area contributed by atoms with Gasteiger partial charge in [-0.25, -0.2) is 22.8 Å². The molecule has 0 radical (unpaired) electrons. The lowest BCUT2D eigenvalue weighted by Gasteiger charge is -2.14. The number of rotatable bonds is 11. The Labute approximate surface area is 232 Å². The van der Waals surface area contributed by atoms with Gasteiger partial charge in [0.15, 0.2) is 5.83 Å². The van der Waals surface area contributed by atoms with Crippen LogP contribution >= 0.6 is 0 Å². The van der Waals surface area contributed by atoms with Crippen LogP contribution in [0.15, 0.2) is 107 Å². The van der Waals surface area contributed by atoms with Crippen LogP contribution in [0.5, 0.6) is 5.75 Å². The summed E-state index contributed by atoms with van der Waals surface area (Å²) in [6, 6.07) is 19.7. The molecule has 0 bridgehead atoms. The second-order valence-electron chi connectivity index (χ2n) is 8.56. The molecular formula is C29H30F2N4O4S. The maximum Gasteiger partial charge on any atom is 0.441 e. The van der Waals surface area contributed by atoms with Crippen molar-refractivity contribution in [2.75, 3.05) is 18.2 Å². The maximum absolute atomic E-state index is 14.9. The van der Waals surface area contributed by atoms with Gasteiger partial charge in [-0.1, -0.05) is 49.0 Å². The van der Waals surface area contributed by atoms with Crippen molar-refractivity contribution in [3.05, 3.63) is 120 Å². The predicted octanol–water partition coefficient (Wildman–Crippen LogP) is 6.30. The van der Waals surface area contributed by atoms with Crippen molar-refractivity contribution in [1.82, 2.24) is 0 Å². The molecule has 1 atom stereocenters. The first-order valence-electron chi connectivity index (χ1n) is 12.1. The molecule has 3 rings (SSSR count). The fraction of sp³-hybridized carbons (Fsp3) is 0.172. The van der Waals surface area contributed by atoms with Crippen LogP contribution in [0, 0.1) is 5.82 Å². The second-order valence-corrected chi connectivity index (χ2v) is 10.9. The van der Waals surface area contributed by atoms with Crippen LogP contribution in [-0.2, 0) is 26.8 Å². The van der Waals surface area contributed by atoms with Crippen molar-refractivity contribution in [3.8, 4) is 5.75 Å². The molecule has 0 aliphatic rings. The normalized spacial score (nSPS) is 13.2. The summed E-state index contributed by atoms with van der Waals surface area (Å²) in [5, 5.41) is 2.95. The summed E-state index contributed by atoms with van der Waals surface area (Å²) in [5.74, 6) is -1.35. The number of anilines is 1. The number of nitrogens with zero attached hydrogens (tertiary/aromatic N) is 2. The highest BCUT2D eigenvalue weighted by Gasteiger charge is 2.17. The van der Waals surface area contributed by atoms with Gasteiger partial charge in [0.05, 0.1) is 22.1 Å². The average molecular weight is 569 g/mol. The van der Waals surface area contributed by atoms with Gasteiger partial charge in [0, 0.05) is 29.8 Å². The number of hydrogen-bond donors (Lipinski definition) is 2. The number of benzene rings is 3. The first kappa shape index (κ1) is 30.0. The largest absolute Gasteiger partial charge is 0.488 e. The Kier molecular flexibility index (Phi) is 10.5. The van der Waals surface area contributed by atoms with Gasteiger partial charge < -0.3 is 20.5 Å². The van der Waals surface area contributed by atoms with E-state index in [1.54, 1.807) is 31.2 Å². The zero-order valence-electron chi connectivity index (χ0n) is 22.1. The van der Waals surface area contributed by atoms with Crippen molar-refractivity contribution in [2.24, 2.45) is 15.1 Å². The Balaban J connectivity index is 1.86. The molecule has 0 aliphatic carbocycles. The zero-order valence-corrected chi connectivity index (χ0v) is 22.9. The highest BCUT2D eigenvalue weighted by molar-refractivity contribution is 7.92. The Bertz CT molecular complexity index is 1550. The number of nitrogens with two attached hydrogens (primary N) is 1. The van der Waals surface area contributed by atoms with Gasteiger partial charge in [-0.3, -0.25) is 0 Å². The summed E-state index contributed by atoms with van der Waals surface area (Å²) in [4.78, 5) is 15.9. The number of carbonyl (C=O) groups is 1. The van der Waals surface area contributed by atoms with Crippen molar-refractivity contribution in [3.63, 3.8) is 0 Å². The Morgan fingerprint density at radius 2 is 1.82 bits per heavy atom. The van der Waals surface area contributed by atoms with E-state index in [0.717, 1.165) is 23.9 Å². The van der Waals surface area contributed by atoms with Gasteiger partial charge in [-0.05, 0) is 42.3 Å². The van der Waals surface area contributed by atoms with Gasteiger partial charge in [0.1, 0.15) is 29.7 Å². The number of hydrogen-bond acceptors (Lipinski definition) is 7. The third kappa shape index (κ3) is 9.05. The third-order valence-electron chi connectivity index (χ3n) is 5.24. The summed E-state index contributed by atoms with van der Waals surface area (Å²) < 4.78 is 56.0. The smallest absolute Gasteiger partial charge is 0.441 e. The van der Waals surface area contributed by atoms with E-state index in [9.17, 15) is 17.8 Å². The Morgan fingerprint density at radius 3 is 2.52 bits per heavy atom. The SMILES string of the molecule is C=C(N=C(/C(F)=C\N)c1ccc(F)cc1OCc1ccccc1)Nc1cccc(CS(C)(=O)=NC(=O)OCC)c1. The molecule has 3 N–H and O–H groups in total. The molecule has 210 valence electrons. The Hall–Kier alpha value is -4.51. The molecule has 0 spiro atoms. The minimum Gasteiger partial charge on any atom is -0.488 e. The van der Waals surface area contributed by atoms with Crippen molar-refractivity contribution >= 4 is 27.2 Å². The van der Waals surface area contributed by atoms with E-state index >= 15 is 0 Å². The van der Waals surface area contributed by atoms with Crippen molar-refractivity contribution < 1.29 is 27.3 Å². The maximum atomic E-state index is 14.9. The lowest BCUT2D eigenvalue weighted by Crippen LogP contribution is -2.10. The predicted molar refractivity (Wildman–Crippen MR) is 154 cm³/mol. The van der Waals surface area contributed by atoms with E-state index < -0.39 is 27.5 Å². The van der Waals surface area contributed by atoms with Crippen LogP contribution in [0.2, 0.25) is 0 Å².